The van der Waals surface area contributed by atoms with Crippen LogP contribution in [0.2, 0.25) is 18.6 Å². The van der Waals surface area contributed by atoms with Gasteiger partial charge in [0.05, 0.1) is 0 Å². The number of carbonyl (C=O) groups is 1. The third-order valence-corrected chi connectivity index (χ3v) is 8.58. The minimum absolute atomic E-state index is 0.115. The van der Waals surface area contributed by atoms with Crippen LogP contribution in [0.1, 0.15) is 39.5 Å². The van der Waals surface area contributed by atoms with Crippen LogP contribution in [-0.4, -0.2) is 45.7 Å². The van der Waals surface area contributed by atoms with Gasteiger partial charge in [0.1, 0.15) is 0 Å². The summed E-state index contributed by atoms with van der Waals surface area (Å²) in [6, 6.07) is 0. The predicted molar refractivity (Wildman–Crippen MR) is 84.4 cm³/mol. The number of hydrogen-bond acceptors (Lipinski definition) is 5. The summed E-state index contributed by atoms with van der Waals surface area (Å²) >= 11 is 0. The monoisotopic (exact) mass is 376 g/mol. The lowest BCUT2D eigenvalue weighted by molar-refractivity contribution is -0.159. The third kappa shape index (κ3) is 6.44. The quantitative estimate of drug-likeness (QED) is 0.358. The molecule has 0 fully saturated rings. The Bertz CT molecular complexity index is 495. The van der Waals surface area contributed by atoms with Crippen molar-refractivity contribution >= 4 is 24.4 Å². The second-order valence-corrected chi connectivity index (χ2v) is 11.9. The largest absolute Gasteiger partial charge is 0.455 e. The summed E-state index contributed by atoms with van der Waals surface area (Å²) in [5.41, 5.74) is 0.155. The SMILES string of the molecule is CCCC(CCC(=O)OC(C)C(F)(F)S(=O)(=O)O)[Si](C)(C)OC. The van der Waals surface area contributed by atoms with Crippen molar-refractivity contribution in [2.45, 2.75) is 69.5 Å². The Balaban J connectivity index is 4.72. The van der Waals surface area contributed by atoms with Gasteiger partial charge in [0, 0.05) is 13.5 Å². The van der Waals surface area contributed by atoms with Gasteiger partial charge in [-0.1, -0.05) is 19.8 Å². The molecule has 138 valence electrons. The highest BCUT2D eigenvalue weighted by Gasteiger charge is 2.51. The zero-order valence-electron chi connectivity index (χ0n) is 14.1. The summed E-state index contributed by atoms with van der Waals surface area (Å²) in [5, 5.41) is -4.54. The molecule has 0 aromatic heterocycles. The Morgan fingerprint density at radius 1 is 1.30 bits per heavy atom. The molecular formula is C13H26F2O6SSi. The first kappa shape index (κ1) is 22.4. The number of hydrogen-bond donors (Lipinski definition) is 1. The van der Waals surface area contributed by atoms with E-state index in [1.165, 1.54) is 0 Å². The van der Waals surface area contributed by atoms with Crippen LogP contribution in [0.25, 0.3) is 0 Å². The molecular weight excluding hydrogens is 350 g/mol. The van der Waals surface area contributed by atoms with Gasteiger partial charge in [0.2, 0.25) is 0 Å². The maximum atomic E-state index is 13.3. The van der Waals surface area contributed by atoms with Crippen molar-refractivity contribution in [2.24, 2.45) is 0 Å². The van der Waals surface area contributed by atoms with Gasteiger partial charge in [-0.25, -0.2) is 0 Å². The molecule has 0 saturated carbocycles. The molecule has 0 aliphatic heterocycles. The molecule has 0 radical (unpaired) electrons. The van der Waals surface area contributed by atoms with Crippen LogP contribution >= 0.6 is 0 Å². The first-order valence-corrected chi connectivity index (χ1v) is 11.8. The molecule has 0 rings (SSSR count). The molecule has 0 amide bonds. The first-order valence-electron chi connectivity index (χ1n) is 7.39. The van der Waals surface area contributed by atoms with E-state index >= 15 is 0 Å². The smallest absolute Gasteiger partial charge is 0.405 e. The Kier molecular flexibility index (Phi) is 8.28. The minimum atomic E-state index is -5.64. The fourth-order valence-corrected chi connectivity index (χ4v) is 4.81. The molecule has 0 saturated heterocycles. The van der Waals surface area contributed by atoms with Crippen LogP contribution in [0.5, 0.6) is 0 Å². The van der Waals surface area contributed by atoms with Crippen molar-refractivity contribution in [2.75, 3.05) is 7.11 Å². The van der Waals surface area contributed by atoms with Crippen LogP contribution < -0.4 is 0 Å². The molecule has 0 heterocycles. The van der Waals surface area contributed by atoms with Crippen molar-refractivity contribution in [3.63, 3.8) is 0 Å². The van der Waals surface area contributed by atoms with E-state index < -0.39 is 35.8 Å². The molecule has 2 unspecified atom stereocenters. The van der Waals surface area contributed by atoms with Crippen molar-refractivity contribution in [3.8, 4) is 0 Å². The molecule has 6 nitrogen and oxygen atoms in total. The van der Waals surface area contributed by atoms with Gasteiger partial charge in [-0.05, 0) is 32.0 Å². The topological polar surface area (TPSA) is 89.9 Å². The summed E-state index contributed by atoms with van der Waals surface area (Å²) in [7, 11) is -6.02. The van der Waals surface area contributed by atoms with Gasteiger partial charge >= 0.3 is 21.3 Å². The van der Waals surface area contributed by atoms with Crippen LogP contribution in [0.3, 0.4) is 0 Å². The second kappa shape index (κ2) is 8.50. The summed E-state index contributed by atoms with van der Waals surface area (Å²) in [6.07, 6.45) is -0.212. The van der Waals surface area contributed by atoms with Crippen molar-refractivity contribution in [3.05, 3.63) is 0 Å². The molecule has 1 N–H and O–H groups in total. The maximum absolute atomic E-state index is 13.3. The van der Waals surface area contributed by atoms with Crippen molar-refractivity contribution in [1.29, 1.82) is 0 Å². The zero-order chi connectivity index (χ0) is 18.5. The number of rotatable bonds is 10. The van der Waals surface area contributed by atoms with Gasteiger partial charge < -0.3 is 9.16 Å². The normalized spacial score (nSPS) is 16.0. The number of alkyl halides is 2. The highest BCUT2D eigenvalue weighted by molar-refractivity contribution is 7.86. The summed E-state index contributed by atoms with van der Waals surface area (Å²) in [4.78, 5) is 11.7. The van der Waals surface area contributed by atoms with E-state index in [2.05, 4.69) is 4.74 Å². The summed E-state index contributed by atoms with van der Waals surface area (Å²) < 4.78 is 66.3. The van der Waals surface area contributed by atoms with Crippen LogP contribution in [0.15, 0.2) is 0 Å². The lowest BCUT2D eigenvalue weighted by Crippen LogP contribution is -2.42. The van der Waals surface area contributed by atoms with E-state index in [4.69, 9.17) is 8.98 Å². The second-order valence-electron chi connectivity index (χ2n) is 6.00. The van der Waals surface area contributed by atoms with Crippen molar-refractivity contribution < 1.29 is 35.7 Å². The summed E-state index contributed by atoms with van der Waals surface area (Å²) in [5.74, 6) is -0.928. The first-order chi connectivity index (χ1) is 10.3. The molecule has 0 aliphatic rings. The van der Waals surface area contributed by atoms with E-state index in [-0.39, 0.29) is 12.0 Å². The number of carbonyl (C=O) groups excluding carboxylic acids is 1. The van der Waals surface area contributed by atoms with E-state index in [1.807, 2.05) is 20.0 Å². The fourth-order valence-electron chi connectivity index (χ4n) is 2.18. The molecule has 23 heavy (non-hydrogen) atoms. The van der Waals surface area contributed by atoms with Crippen LogP contribution in [-0.2, 0) is 24.1 Å². The molecule has 0 bridgehead atoms. The van der Waals surface area contributed by atoms with E-state index in [0.717, 1.165) is 19.8 Å². The fraction of sp³-hybridized carbons (Fsp3) is 0.923. The summed E-state index contributed by atoms with van der Waals surface area (Å²) in [6.45, 7) is 6.74. The molecule has 0 aromatic rings. The van der Waals surface area contributed by atoms with E-state index in [9.17, 15) is 22.0 Å². The highest BCUT2D eigenvalue weighted by atomic mass is 32.2. The van der Waals surface area contributed by atoms with Gasteiger partial charge in [-0.2, -0.15) is 17.2 Å². The number of ether oxygens (including phenoxy) is 1. The van der Waals surface area contributed by atoms with Crippen molar-refractivity contribution in [1.82, 2.24) is 0 Å². The van der Waals surface area contributed by atoms with E-state index in [0.29, 0.717) is 6.42 Å². The van der Waals surface area contributed by atoms with Gasteiger partial charge in [-0.3, -0.25) is 9.35 Å². The van der Waals surface area contributed by atoms with Gasteiger partial charge in [0.25, 0.3) is 0 Å². The van der Waals surface area contributed by atoms with Crippen LogP contribution in [0.4, 0.5) is 8.78 Å². The zero-order valence-corrected chi connectivity index (χ0v) is 16.0. The lowest BCUT2D eigenvalue weighted by Gasteiger charge is -2.30. The molecule has 0 aromatic carbocycles. The Labute approximate surface area is 137 Å². The van der Waals surface area contributed by atoms with Gasteiger partial charge in [0.15, 0.2) is 14.4 Å². The predicted octanol–water partition coefficient (Wildman–Crippen LogP) is 3.20. The molecule has 2 atom stereocenters. The Morgan fingerprint density at radius 2 is 1.83 bits per heavy atom. The maximum Gasteiger partial charge on any atom is 0.405 e. The molecule has 0 aliphatic carbocycles. The third-order valence-electron chi connectivity index (χ3n) is 3.97. The van der Waals surface area contributed by atoms with E-state index in [1.54, 1.807) is 7.11 Å². The average molecular weight is 376 g/mol. The van der Waals surface area contributed by atoms with Gasteiger partial charge in [-0.15, -0.1) is 0 Å². The number of esters is 1. The van der Waals surface area contributed by atoms with Crippen LogP contribution in [0, 0.1) is 0 Å². The highest BCUT2D eigenvalue weighted by Crippen LogP contribution is 2.33. The standard InChI is InChI=1S/C13H26F2O6SSi/c1-6-7-11(23(4,5)20-3)8-9-12(16)21-10(2)13(14,15)22(17,18)19/h10-11H,6-9H2,1-5H3,(H,17,18,19). The average Bonchev–Trinajstić information content (AvgIpc) is 2.41. The molecule has 0 spiro atoms. The Hall–Kier alpha value is -0.583. The minimum Gasteiger partial charge on any atom is -0.455 e. The number of halogens is 2. The lowest BCUT2D eigenvalue weighted by atomic mass is 10.1. The molecule has 10 heteroatoms. The Morgan fingerprint density at radius 3 is 2.22 bits per heavy atom.